The number of alkyl halides is 3. The second kappa shape index (κ2) is 8.10. The molecule has 5 nitrogen and oxygen atoms in total. The van der Waals surface area contributed by atoms with E-state index in [9.17, 15) is 18.3 Å². The summed E-state index contributed by atoms with van der Waals surface area (Å²) in [6, 6.07) is 4.67. The van der Waals surface area contributed by atoms with Gasteiger partial charge in [0.15, 0.2) is 0 Å². The number of aromatic nitrogens is 1. The van der Waals surface area contributed by atoms with Gasteiger partial charge in [0.05, 0.1) is 0 Å². The summed E-state index contributed by atoms with van der Waals surface area (Å²) < 4.78 is 38.8. The highest BCUT2D eigenvalue weighted by Crippen LogP contribution is 2.30. The number of piperidine rings is 1. The van der Waals surface area contributed by atoms with Crippen LogP contribution in [0.15, 0.2) is 18.2 Å². The van der Waals surface area contributed by atoms with Crippen LogP contribution in [-0.2, 0) is 6.18 Å². The lowest BCUT2D eigenvalue weighted by Gasteiger charge is -2.47. The molecular weight excluding hydrogens is 345 g/mol. The van der Waals surface area contributed by atoms with Crippen LogP contribution in [0.25, 0.3) is 0 Å². The minimum atomic E-state index is -4.43. The molecule has 0 aliphatic carbocycles. The first kappa shape index (κ1) is 19.4. The average Bonchev–Trinajstić information content (AvgIpc) is 2.62. The lowest BCUT2D eigenvalue weighted by Crippen LogP contribution is -2.58. The Morgan fingerprint density at radius 1 is 1.15 bits per heavy atom. The van der Waals surface area contributed by atoms with Crippen molar-refractivity contribution in [1.29, 1.82) is 0 Å². The lowest BCUT2D eigenvalue weighted by atomic mass is 9.98. The topological polar surface area (TPSA) is 42.8 Å². The van der Waals surface area contributed by atoms with Gasteiger partial charge in [-0.3, -0.25) is 4.90 Å². The van der Waals surface area contributed by atoms with Crippen LogP contribution in [0.5, 0.6) is 0 Å². The van der Waals surface area contributed by atoms with Crippen molar-refractivity contribution in [3.05, 3.63) is 23.9 Å². The van der Waals surface area contributed by atoms with E-state index >= 15 is 0 Å². The monoisotopic (exact) mass is 372 g/mol. The largest absolute Gasteiger partial charge is 0.433 e. The highest BCUT2D eigenvalue weighted by molar-refractivity contribution is 5.40. The zero-order valence-corrected chi connectivity index (χ0v) is 15.1. The highest BCUT2D eigenvalue weighted by atomic mass is 19.4. The van der Waals surface area contributed by atoms with Gasteiger partial charge < -0.3 is 14.9 Å². The van der Waals surface area contributed by atoms with E-state index in [1.54, 1.807) is 6.07 Å². The predicted octanol–water partition coefficient (Wildman–Crippen LogP) is 2.07. The molecule has 2 saturated heterocycles. The molecule has 1 aromatic rings. The predicted molar refractivity (Wildman–Crippen MR) is 94.2 cm³/mol. The fraction of sp³-hybridized carbons (Fsp3) is 0.722. The quantitative estimate of drug-likeness (QED) is 0.877. The molecule has 2 aliphatic heterocycles. The number of rotatable bonds is 4. The molecule has 0 saturated carbocycles. The number of hydrogen-bond donors (Lipinski definition) is 1. The smallest absolute Gasteiger partial charge is 0.396 e. The number of likely N-dealkylation sites (tertiary alicyclic amines) is 1. The highest BCUT2D eigenvalue weighted by Gasteiger charge is 2.35. The lowest BCUT2D eigenvalue weighted by molar-refractivity contribution is -0.141. The minimum absolute atomic E-state index is 0.0810. The Morgan fingerprint density at radius 3 is 2.54 bits per heavy atom. The van der Waals surface area contributed by atoms with Crippen molar-refractivity contribution in [3.8, 4) is 0 Å². The zero-order chi connectivity index (χ0) is 18.7. The van der Waals surface area contributed by atoms with E-state index in [0.29, 0.717) is 31.4 Å². The van der Waals surface area contributed by atoms with E-state index in [1.807, 2.05) is 4.90 Å². The second-order valence-electron chi connectivity index (χ2n) is 7.26. The fourth-order valence-electron chi connectivity index (χ4n) is 4.05. The summed E-state index contributed by atoms with van der Waals surface area (Å²) in [5.74, 6) is 0.366. The normalized spacial score (nSPS) is 24.2. The first-order valence-electron chi connectivity index (χ1n) is 9.23. The second-order valence-corrected chi connectivity index (χ2v) is 7.26. The number of piperazine rings is 1. The van der Waals surface area contributed by atoms with Crippen molar-refractivity contribution < 1.29 is 18.3 Å². The number of pyridine rings is 1. The van der Waals surface area contributed by atoms with Crippen LogP contribution in [0.3, 0.4) is 0 Å². The number of halogens is 3. The van der Waals surface area contributed by atoms with Crippen LogP contribution < -0.4 is 4.90 Å². The van der Waals surface area contributed by atoms with Gasteiger partial charge in [0.1, 0.15) is 11.5 Å². The molecule has 3 heterocycles. The summed E-state index contributed by atoms with van der Waals surface area (Å²) in [6.45, 7) is 4.25. The molecule has 0 aromatic carbocycles. The fourth-order valence-corrected chi connectivity index (χ4v) is 4.05. The van der Waals surface area contributed by atoms with E-state index in [4.69, 9.17) is 0 Å². The maximum atomic E-state index is 12.9. The summed E-state index contributed by atoms with van der Waals surface area (Å²) in [5.41, 5.74) is -0.855. The third kappa shape index (κ3) is 4.47. The summed E-state index contributed by atoms with van der Waals surface area (Å²) in [6.07, 6.45) is -1.61. The first-order valence-corrected chi connectivity index (χ1v) is 9.23. The Bertz CT molecular complexity index is 590. The molecular formula is C18H27F3N4O. The van der Waals surface area contributed by atoms with Crippen LogP contribution in [-0.4, -0.2) is 78.4 Å². The molecule has 3 rings (SSSR count). The molecule has 8 heteroatoms. The number of aliphatic hydroxyl groups excluding tert-OH is 1. The van der Waals surface area contributed by atoms with E-state index in [0.717, 1.165) is 38.5 Å². The molecule has 26 heavy (non-hydrogen) atoms. The van der Waals surface area contributed by atoms with Gasteiger partial charge in [-0.05, 0) is 51.5 Å². The van der Waals surface area contributed by atoms with Crippen molar-refractivity contribution in [2.75, 3.05) is 51.3 Å². The third-order valence-corrected chi connectivity index (χ3v) is 5.50. The molecule has 0 amide bonds. The van der Waals surface area contributed by atoms with Crippen LogP contribution in [0, 0.1) is 0 Å². The van der Waals surface area contributed by atoms with E-state index < -0.39 is 11.9 Å². The van der Waals surface area contributed by atoms with Gasteiger partial charge in [0.2, 0.25) is 0 Å². The van der Waals surface area contributed by atoms with E-state index in [2.05, 4.69) is 21.8 Å². The molecule has 2 aliphatic rings. The van der Waals surface area contributed by atoms with Crippen molar-refractivity contribution in [2.45, 2.75) is 37.5 Å². The van der Waals surface area contributed by atoms with Gasteiger partial charge in [-0.1, -0.05) is 6.07 Å². The average molecular weight is 372 g/mol. The van der Waals surface area contributed by atoms with Gasteiger partial charge in [-0.2, -0.15) is 13.2 Å². The van der Waals surface area contributed by atoms with Crippen LogP contribution in [0.2, 0.25) is 0 Å². The van der Waals surface area contributed by atoms with Gasteiger partial charge in [-0.25, -0.2) is 4.98 Å². The Morgan fingerprint density at radius 2 is 1.88 bits per heavy atom. The number of nitrogens with zero attached hydrogens (tertiary/aromatic N) is 4. The van der Waals surface area contributed by atoms with Crippen LogP contribution in [0.1, 0.15) is 25.0 Å². The number of aliphatic hydroxyl groups is 1. The summed E-state index contributed by atoms with van der Waals surface area (Å²) in [4.78, 5) is 10.5. The van der Waals surface area contributed by atoms with Crippen LogP contribution in [0.4, 0.5) is 19.0 Å². The van der Waals surface area contributed by atoms with Crippen molar-refractivity contribution in [3.63, 3.8) is 0 Å². The zero-order valence-electron chi connectivity index (χ0n) is 15.1. The van der Waals surface area contributed by atoms with E-state index in [-0.39, 0.29) is 12.6 Å². The molecule has 1 unspecified atom stereocenters. The van der Waals surface area contributed by atoms with Gasteiger partial charge in [0.25, 0.3) is 0 Å². The number of hydrogen-bond acceptors (Lipinski definition) is 5. The molecule has 0 spiro atoms. The maximum Gasteiger partial charge on any atom is 0.433 e. The Kier molecular flexibility index (Phi) is 6.04. The van der Waals surface area contributed by atoms with Gasteiger partial charge in [-0.15, -0.1) is 0 Å². The van der Waals surface area contributed by atoms with E-state index in [1.165, 1.54) is 6.07 Å². The summed E-state index contributed by atoms with van der Waals surface area (Å²) in [7, 11) is 2.12. The number of anilines is 1. The van der Waals surface area contributed by atoms with Crippen molar-refractivity contribution in [2.24, 2.45) is 0 Å². The van der Waals surface area contributed by atoms with Crippen molar-refractivity contribution >= 4 is 5.82 Å². The summed E-state index contributed by atoms with van der Waals surface area (Å²) >= 11 is 0. The molecule has 1 N–H and O–H groups in total. The Balaban J connectivity index is 1.71. The molecule has 2 fully saturated rings. The molecule has 0 bridgehead atoms. The molecule has 0 radical (unpaired) electrons. The molecule has 146 valence electrons. The molecule has 1 aromatic heterocycles. The molecule has 1 atom stereocenters. The Labute approximate surface area is 152 Å². The Hall–Kier alpha value is -1.38. The maximum absolute atomic E-state index is 12.9. The minimum Gasteiger partial charge on any atom is -0.396 e. The van der Waals surface area contributed by atoms with Crippen molar-refractivity contribution in [1.82, 2.24) is 14.8 Å². The summed E-state index contributed by atoms with van der Waals surface area (Å²) in [5, 5.41) is 9.47. The van der Waals surface area contributed by atoms with Gasteiger partial charge >= 0.3 is 6.18 Å². The standard InChI is InChI=1S/C18H27F3N4O/c1-23-8-5-14(6-9-23)25-11-10-24(13-15(25)7-12-26)17-4-2-3-16(22-17)18(19,20)21/h2-4,14-15,26H,5-13H2,1H3. The first-order chi connectivity index (χ1) is 12.4. The SMILES string of the molecule is CN1CCC(N2CCN(c3cccc(C(F)(F)F)n3)CC2CCO)CC1. The third-order valence-electron chi connectivity index (χ3n) is 5.50. The van der Waals surface area contributed by atoms with Crippen LogP contribution >= 0.6 is 0 Å². The van der Waals surface area contributed by atoms with Gasteiger partial charge in [0, 0.05) is 38.3 Å².